The molecule has 1 aliphatic heterocycles. The lowest BCUT2D eigenvalue weighted by Crippen LogP contribution is -2.47. The number of hydrogen-bond donors (Lipinski definition) is 0. The van der Waals surface area contributed by atoms with E-state index < -0.39 is 0 Å². The molecule has 1 nitrogen and oxygen atoms in total. The highest BCUT2D eigenvalue weighted by Crippen LogP contribution is 2.26. The molecule has 0 radical (unpaired) electrons. The van der Waals surface area contributed by atoms with Gasteiger partial charge in [0.25, 0.3) is 0 Å². The fourth-order valence-corrected chi connectivity index (χ4v) is 1.62. The molecule has 2 rings (SSSR count). The number of benzene rings is 1. The van der Waals surface area contributed by atoms with Crippen LogP contribution in [-0.4, -0.2) is 23.5 Å². The Bertz CT molecular complexity index is 294. The molecule has 0 aliphatic carbocycles. The first-order valence-electron chi connectivity index (χ1n) is 3.96. The van der Waals surface area contributed by atoms with E-state index in [2.05, 4.69) is 17.0 Å². The van der Waals surface area contributed by atoms with Crippen molar-refractivity contribution in [3.8, 4) is 0 Å². The molecule has 1 aromatic rings. The maximum Gasteiger partial charge on any atom is 0.166 e. The average Bonchev–Trinajstić information content (AvgIpc) is 2.15. The standard InChI is InChI=1S/C10H10NS/c1-11-7-9(10(11)12)8-5-3-2-4-6-8/h2-6H,7H2,1H3/q+1. The van der Waals surface area contributed by atoms with E-state index in [-0.39, 0.29) is 0 Å². The topological polar surface area (TPSA) is 3.24 Å². The minimum absolute atomic E-state index is 0.987. The molecular formula is C10H10NS+. The molecule has 1 fully saturated rings. The van der Waals surface area contributed by atoms with Crippen LogP contribution in [0.2, 0.25) is 0 Å². The predicted molar refractivity (Wildman–Crippen MR) is 54.0 cm³/mol. The van der Waals surface area contributed by atoms with Crippen molar-refractivity contribution in [2.75, 3.05) is 13.6 Å². The van der Waals surface area contributed by atoms with E-state index in [0.717, 1.165) is 11.5 Å². The van der Waals surface area contributed by atoms with E-state index in [9.17, 15) is 0 Å². The van der Waals surface area contributed by atoms with Crippen molar-refractivity contribution in [1.29, 1.82) is 0 Å². The van der Waals surface area contributed by atoms with E-state index in [1.54, 1.807) is 0 Å². The van der Waals surface area contributed by atoms with E-state index >= 15 is 0 Å². The highest BCUT2D eigenvalue weighted by Gasteiger charge is 2.37. The van der Waals surface area contributed by atoms with Crippen LogP contribution in [-0.2, 0) is 0 Å². The monoisotopic (exact) mass is 176 g/mol. The first kappa shape index (κ1) is 7.62. The third-order valence-electron chi connectivity index (χ3n) is 2.12. The lowest BCUT2D eigenvalue weighted by atomic mass is 9.92. The predicted octanol–water partition coefficient (Wildman–Crippen LogP) is 1.88. The molecule has 1 heterocycles. The van der Waals surface area contributed by atoms with Crippen molar-refractivity contribution in [1.82, 2.24) is 4.90 Å². The van der Waals surface area contributed by atoms with Crippen LogP contribution in [0.25, 0.3) is 0 Å². The van der Waals surface area contributed by atoms with E-state index in [1.807, 2.05) is 25.2 Å². The molecule has 0 aromatic heterocycles. The number of thiocarbonyl (C=S) groups is 1. The van der Waals surface area contributed by atoms with Crippen molar-refractivity contribution in [3.05, 3.63) is 41.8 Å². The Morgan fingerprint density at radius 3 is 2.50 bits per heavy atom. The van der Waals surface area contributed by atoms with Gasteiger partial charge in [0.05, 0.1) is 6.54 Å². The minimum Gasteiger partial charge on any atom is -0.339 e. The van der Waals surface area contributed by atoms with Crippen molar-refractivity contribution in [3.63, 3.8) is 0 Å². The van der Waals surface area contributed by atoms with Gasteiger partial charge in [0, 0.05) is 19.2 Å². The summed E-state index contributed by atoms with van der Waals surface area (Å²) in [5.74, 6) is 1.30. The molecule has 0 atom stereocenters. The minimum atomic E-state index is 0.987. The van der Waals surface area contributed by atoms with Gasteiger partial charge >= 0.3 is 0 Å². The molecule has 1 saturated heterocycles. The van der Waals surface area contributed by atoms with Gasteiger partial charge in [0.2, 0.25) is 0 Å². The molecule has 0 N–H and O–H groups in total. The summed E-state index contributed by atoms with van der Waals surface area (Å²) in [7, 11) is 2.02. The third-order valence-corrected chi connectivity index (χ3v) is 2.68. The van der Waals surface area contributed by atoms with Gasteiger partial charge in [-0.25, -0.2) is 0 Å². The van der Waals surface area contributed by atoms with Gasteiger partial charge in [-0.1, -0.05) is 0 Å². The Morgan fingerprint density at radius 2 is 2.00 bits per heavy atom. The molecule has 12 heavy (non-hydrogen) atoms. The van der Waals surface area contributed by atoms with Gasteiger partial charge in [0.1, 0.15) is 11.5 Å². The van der Waals surface area contributed by atoms with Gasteiger partial charge in [-0.05, 0) is 30.4 Å². The number of nitrogens with zero attached hydrogens (tertiary/aromatic N) is 1. The third kappa shape index (κ3) is 1.08. The summed E-state index contributed by atoms with van der Waals surface area (Å²) < 4.78 is 0. The highest BCUT2D eigenvalue weighted by molar-refractivity contribution is 7.80. The van der Waals surface area contributed by atoms with Crippen LogP contribution in [0.4, 0.5) is 0 Å². The largest absolute Gasteiger partial charge is 0.339 e. The van der Waals surface area contributed by atoms with Crippen molar-refractivity contribution >= 4 is 17.2 Å². The van der Waals surface area contributed by atoms with Crippen LogP contribution in [0.1, 0.15) is 5.56 Å². The van der Waals surface area contributed by atoms with Gasteiger partial charge in [-0.15, -0.1) is 0 Å². The lowest BCUT2D eigenvalue weighted by Gasteiger charge is -2.32. The molecule has 60 valence electrons. The zero-order valence-corrected chi connectivity index (χ0v) is 7.77. The van der Waals surface area contributed by atoms with E-state index in [1.165, 1.54) is 11.5 Å². The molecule has 0 unspecified atom stereocenters. The smallest absolute Gasteiger partial charge is 0.166 e. The fourth-order valence-electron chi connectivity index (χ4n) is 1.37. The zero-order valence-electron chi connectivity index (χ0n) is 6.95. The molecule has 0 amide bonds. The summed E-state index contributed by atoms with van der Waals surface area (Å²) in [5.41, 5.74) is 1.26. The molecule has 0 spiro atoms. The molecular weight excluding hydrogens is 166 g/mol. The number of likely N-dealkylation sites (N-methyl/N-ethyl adjacent to an activating group) is 1. The molecule has 1 aromatic carbocycles. The molecule has 2 heteroatoms. The lowest BCUT2D eigenvalue weighted by molar-refractivity contribution is 0.478. The Balaban J connectivity index is 2.19. The highest BCUT2D eigenvalue weighted by atomic mass is 32.1. The molecule has 0 bridgehead atoms. The van der Waals surface area contributed by atoms with Crippen molar-refractivity contribution in [2.24, 2.45) is 0 Å². The number of likely N-dealkylation sites (tertiary alicyclic amines) is 1. The summed E-state index contributed by atoms with van der Waals surface area (Å²) in [6, 6.07) is 10.3. The Kier molecular flexibility index (Phi) is 1.77. The Morgan fingerprint density at radius 1 is 1.33 bits per heavy atom. The summed E-state index contributed by atoms with van der Waals surface area (Å²) >= 11 is 5.20. The first-order valence-corrected chi connectivity index (χ1v) is 4.36. The van der Waals surface area contributed by atoms with Gasteiger partial charge in [0.15, 0.2) is 4.99 Å². The zero-order chi connectivity index (χ0) is 8.55. The summed E-state index contributed by atoms with van der Waals surface area (Å²) in [6.07, 6.45) is 0. The van der Waals surface area contributed by atoms with Crippen LogP contribution >= 0.6 is 12.2 Å². The van der Waals surface area contributed by atoms with Crippen molar-refractivity contribution in [2.45, 2.75) is 0 Å². The SMILES string of the molecule is CN1C[C+](c2ccccc2)C1=S. The maximum atomic E-state index is 5.20. The quantitative estimate of drug-likeness (QED) is 0.475. The van der Waals surface area contributed by atoms with Crippen LogP contribution in [0.15, 0.2) is 30.3 Å². The normalized spacial score (nSPS) is 16.2. The second kappa shape index (κ2) is 2.79. The molecule has 0 saturated carbocycles. The van der Waals surface area contributed by atoms with Gasteiger partial charge < -0.3 is 4.90 Å². The first-order chi connectivity index (χ1) is 5.79. The van der Waals surface area contributed by atoms with E-state index in [4.69, 9.17) is 12.2 Å². The Hall–Kier alpha value is -1.02. The summed E-state index contributed by atoms with van der Waals surface area (Å²) in [5, 5.41) is 0. The van der Waals surface area contributed by atoms with Gasteiger partial charge in [-0.2, -0.15) is 0 Å². The van der Waals surface area contributed by atoms with Crippen molar-refractivity contribution < 1.29 is 0 Å². The van der Waals surface area contributed by atoms with Crippen LogP contribution in [0, 0.1) is 5.92 Å². The number of rotatable bonds is 1. The average molecular weight is 176 g/mol. The maximum absolute atomic E-state index is 5.20. The van der Waals surface area contributed by atoms with E-state index in [0.29, 0.717) is 0 Å². The Labute approximate surface area is 78.0 Å². The van der Waals surface area contributed by atoms with Crippen LogP contribution < -0.4 is 0 Å². The molecule has 1 aliphatic rings. The second-order valence-electron chi connectivity index (χ2n) is 3.01. The summed E-state index contributed by atoms with van der Waals surface area (Å²) in [6.45, 7) is 0.989. The fraction of sp³-hybridized carbons (Fsp3) is 0.200. The van der Waals surface area contributed by atoms with Crippen LogP contribution in [0.3, 0.4) is 0 Å². The summed E-state index contributed by atoms with van der Waals surface area (Å²) in [4.78, 5) is 3.07. The van der Waals surface area contributed by atoms with Gasteiger partial charge in [-0.3, -0.25) is 0 Å². The second-order valence-corrected chi connectivity index (χ2v) is 3.39. The number of hydrogen-bond acceptors (Lipinski definition) is 1. The van der Waals surface area contributed by atoms with Crippen LogP contribution in [0.5, 0.6) is 0 Å².